The van der Waals surface area contributed by atoms with Crippen LogP contribution >= 0.6 is 11.3 Å². The van der Waals surface area contributed by atoms with Gasteiger partial charge >= 0.3 is 5.97 Å². The maximum atomic E-state index is 12.4. The maximum absolute atomic E-state index is 12.4. The number of nitro benzene ring substituents is 1. The minimum atomic E-state index is -0.628. The molecule has 3 rings (SSSR count). The van der Waals surface area contributed by atoms with Crippen LogP contribution in [0.5, 0.6) is 0 Å². The van der Waals surface area contributed by atoms with E-state index < -0.39 is 10.9 Å². The fraction of sp³-hybridized carbons (Fsp3) is 0.158. The number of fused-ring (bicyclic) bond motifs is 1. The second-order valence-electron chi connectivity index (χ2n) is 5.64. The van der Waals surface area contributed by atoms with Gasteiger partial charge in [0, 0.05) is 34.5 Å². The lowest BCUT2D eigenvalue weighted by Crippen LogP contribution is -2.34. The van der Waals surface area contributed by atoms with Crippen molar-refractivity contribution in [2.75, 3.05) is 18.1 Å². The summed E-state index contributed by atoms with van der Waals surface area (Å²) in [5.41, 5.74) is 0.687. The number of ether oxygens (including phenoxy) is 1. The van der Waals surface area contributed by atoms with Crippen LogP contribution in [0.2, 0.25) is 0 Å². The monoisotopic (exact) mass is 384 g/mol. The molecule has 3 aromatic rings. The van der Waals surface area contributed by atoms with Gasteiger partial charge in [0.2, 0.25) is 0 Å². The van der Waals surface area contributed by atoms with Crippen LogP contribution in [0.25, 0.3) is 10.1 Å². The van der Waals surface area contributed by atoms with E-state index >= 15 is 0 Å². The molecule has 7 nitrogen and oxygen atoms in total. The van der Waals surface area contributed by atoms with Gasteiger partial charge < -0.3 is 9.64 Å². The predicted molar refractivity (Wildman–Crippen MR) is 103 cm³/mol. The van der Waals surface area contributed by atoms with Gasteiger partial charge in [0.25, 0.3) is 11.6 Å². The lowest BCUT2D eigenvalue weighted by molar-refractivity contribution is -0.384. The summed E-state index contributed by atoms with van der Waals surface area (Å²) >= 11 is 1.17. The molecule has 0 unspecified atom stereocenters. The van der Waals surface area contributed by atoms with Crippen LogP contribution in [0.4, 0.5) is 11.4 Å². The lowest BCUT2D eigenvalue weighted by Gasteiger charge is -2.20. The van der Waals surface area contributed by atoms with E-state index in [-0.39, 0.29) is 18.2 Å². The number of anilines is 1. The molecule has 0 bridgehead atoms. The van der Waals surface area contributed by atoms with E-state index in [0.29, 0.717) is 16.8 Å². The SMILES string of the molecule is CCN(C(=O)COC(=O)c1cc2cc([N+](=O)[O-])ccc2s1)c1ccccc1. The molecule has 0 saturated heterocycles. The summed E-state index contributed by atoms with van der Waals surface area (Å²) in [6, 6.07) is 15.0. The van der Waals surface area contributed by atoms with E-state index in [9.17, 15) is 19.7 Å². The Hall–Kier alpha value is -3.26. The largest absolute Gasteiger partial charge is 0.451 e. The first-order chi connectivity index (χ1) is 13.0. The van der Waals surface area contributed by atoms with Gasteiger partial charge in [-0.2, -0.15) is 0 Å². The van der Waals surface area contributed by atoms with Crippen molar-refractivity contribution in [2.45, 2.75) is 6.92 Å². The Morgan fingerprint density at radius 3 is 2.56 bits per heavy atom. The zero-order valence-electron chi connectivity index (χ0n) is 14.5. The van der Waals surface area contributed by atoms with Crippen molar-refractivity contribution in [1.82, 2.24) is 0 Å². The summed E-state index contributed by atoms with van der Waals surface area (Å²) in [6.07, 6.45) is 0. The van der Waals surface area contributed by atoms with Gasteiger partial charge in [-0.05, 0) is 31.2 Å². The maximum Gasteiger partial charge on any atom is 0.348 e. The molecule has 138 valence electrons. The molecule has 2 aromatic carbocycles. The van der Waals surface area contributed by atoms with Crippen molar-refractivity contribution in [3.8, 4) is 0 Å². The van der Waals surface area contributed by atoms with Gasteiger partial charge in [-0.3, -0.25) is 14.9 Å². The number of amides is 1. The van der Waals surface area contributed by atoms with Crippen LogP contribution in [0.1, 0.15) is 16.6 Å². The van der Waals surface area contributed by atoms with Crippen LogP contribution in [0, 0.1) is 10.1 Å². The number of nitrogens with zero attached hydrogens (tertiary/aromatic N) is 2. The molecule has 0 aliphatic carbocycles. The van der Waals surface area contributed by atoms with E-state index in [1.165, 1.54) is 34.4 Å². The van der Waals surface area contributed by atoms with Gasteiger partial charge in [-0.15, -0.1) is 11.3 Å². The van der Waals surface area contributed by atoms with Gasteiger partial charge in [0.15, 0.2) is 6.61 Å². The molecule has 0 aliphatic heterocycles. The van der Waals surface area contributed by atoms with Crippen molar-refractivity contribution in [2.24, 2.45) is 0 Å². The van der Waals surface area contributed by atoms with Crippen molar-refractivity contribution in [1.29, 1.82) is 0 Å². The van der Waals surface area contributed by atoms with Crippen molar-refractivity contribution < 1.29 is 19.2 Å². The number of thiophene rings is 1. The second kappa shape index (κ2) is 7.96. The minimum absolute atomic E-state index is 0.0446. The van der Waals surface area contributed by atoms with E-state index in [2.05, 4.69) is 0 Å². The number of nitro groups is 1. The second-order valence-corrected chi connectivity index (χ2v) is 6.72. The summed E-state index contributed by atoms with van der Waals surface area (Å²) in [5.74, 6) is -0.954. The molecular weight excluding hydrogens is 368 g/mol. The molecule has 0 saturated carbocycles. The molecule has 0 fully saturated rings. The van der Waals surface area contributed by atoms with Gasteiger partial charge in [0.05, 0.1) is 4.92 Å². The van der Waals surface area contributed by atoms with Gasteiger partial charge in [0.1, 0.15) is 4.88 Å². The van der Waals surface area contributed by atoms with E-state index in [1.54, 1.807) is 6.07 Å². The highest BCUT2D eigenvalue weighted by atomic mass is 32.1. The highest BCUT2D eigenvalue weighted by Gasteiger charge is 2.18. The first kappa shape index (κ1) is 18.5. The Morgan fingerprint density at radius 2 is 1.89 bits per heavy atom. The van der Waals surface area contributed by atoms with E-state index in [4.69, 9.17) is 4.74 Å². The fourth-order valence-electron chi connectivity index (χ4n) is 2.63. The number of carbonyl (C=O) groups is 2. The number of likely N-dealkylation sites (N-methyl/N-ethyl adjacent to an activating group) is 1. The average molecular weight is 384 g/mol. The van der Waals surface area contributed by atoms with Crippen LogP contribution in [-0.4, -0.2) is 30.0 Å². The standard InChI is InChI=1S/C19H16N2O5S/c1-2-20(14-6-4-3-5-7-14)18(22)12-26-19(23)17-11-13-10-15(21(24)25)8-9-16(13)27-17/h3-11H,2,12H2,1H3. The number of benzene rings is 2. The Kier molecular flexibility index (Phi) is 5.46. The zero-order chi connectivity index (χ0) is 19.4. The first-order valence-electron chi connectivity index (χ1n) is 8.20. The number of para-hydroxylation sites is 1. The average Bonchev–Trinajstić information content (AvgIpc) is 3.11. The molecule has 0 spiro atoms. The predicted octanol–water partition coefficient (Wildman–Crippen LogP) is 4.02. The van der Waals surface area contributed by atoms with E-state index in [1.807, 2.05) is 37.3 Å². The van der Waals surface area contributed by atoms with Crippen molar-refractivity contribution >= 4 is 44.7 Å². The Balaban J connectivity index is 1.69. The highest BCUT2D eigenvalue weighted by Crippen LogP contribution is 2.29. The molecule has 0 aliphatic rings. The number of hydrogen-bond donors (Lipinski definition) is 0. The van der Waals surface area contributed by atoms with E-state index in [0.717, 1.165) is 10.4 Å². The fourth-order valence-corrected chi connectivity index (χ4v) is 3.57. The molecule has 1 heterocycles. The number of hydrogen-bond acceptors (Lipinski definition) is 6. The Bertz CT molecular complexity index is 1000. The van der Waals surface area contributed by atoms with Crippen LogP contribution in [0.3, 0.4) is 0 Å². The number of esters is 1. The molecule has 8 heteroatoms. The number of non-ortho nitro benzene ring substituents is 1. The quantitative estimate of drug-likeness (QED) is 0.364. The molecule has 0 N–H and O–H groups in total. The van der Waals surface area contributed by atoms with Crippen molar-refractivity contribution in [3.05, 3.63) is 69.6 Å². The van der Waals surface area contributed by atoms with Crippen molar-refractivity contribution in [3.63, 3.8) is 0 Å². The van der Waals surface area contributed by atoms with Gasteiger partial charge in [-0.1, -0.05) is 18.2 Å². The van der Waals surface area contributed by atoms with Crippen LogP contribution in [0.15, 0.2) is 54.6 Å². The Morgan fingerprint density at radius 1 is 1.15 bits per heavy atom. The third-order valence-corrected chi connectivity index (χ3v) is 5.02. The smallest absolute Gasteiger partial charge is 0.348 e. The minimum Gasteiger partial charge on any atom is -0.451 e. The summed E-state index contributed by atoms with van der Waals surface area (Å²) in [4.78, 5) is 36.8. The topological polar surface area (TPSA) is 89.8 Å². The number of carbonyl (C=O) groups excluding carboxylic acids is 2. The third kappa shape index (κ3) is 4.12. The van der Waals surface area contributed by atoms with Gasteiger partial charge in [-0.25, -0.2) is 4.79 Å². The normalized spacial score (nSPS) is 10.6. The number of rotatable bonds is 6. The summed E-state index contributed by atoms with van der Waals surface area (Å²) in [6.45, 7) is 1.91. The lowest BCUT2D eigenvalue weighted by atomic mass is 10.2. The van der Waals surface area contributed by atoms with Crippen LogP contribution < -0.4 is 4.90 Å². The molecule has 1 aromatic heterocycles. The molecular formula is C19H16N2O5S. The summed E-state index contributed by atoms with van der Waals surface area (Å²) in [5, 5.41) is 11.4. The third-order valence-electron chi connectivity index (χ3n) is 3.92. The molecule has 1 amide bonds. The molecule has 0 radical (unpaired) electrons. The highest BCUT2D eigenvalue weighted by molar-refractivity contribution is 7.20. The zero-order valence-corrected chi connectivity index (χ0v) is 15.3. The summed E-state index contributed by atoms with van der Waals surface area (Å²) in [7, 11) is 0. The Labute approximate surface area is 158 Å². The molecule has 0 atom stereocenters. The summed E-state index contributed by atoms with van der Waals surface area (Å²) < 4.78 is 5.88. The first-order valence-corrected chi connectivity index (χ1v) is 9.01. The van der Waals surface area contributed by atoms with Crippen LogP contribution in [-0.2, 0) is 9.53 Å². The molecule has 27 heavy (non-hydrogen) atoms.